The van der Waals surface area contributed by atoms with Gasteiger partial charge in [0.2, 0.25) is 0 Å². The molecule has 0 saturated heterocycles. The molecule has 2 N–H and O–H groups in total. The lowest BCUT2D eigenvalue weighted by Gasteiger charge is -2.23. The number of nitrogens with two attached hydrogens (primary N) is 1. The zero-order chi connectivity index (χ0) is 15.1. The molecule has 0 aliphatic carbocycles. The van der Waals surface area contributed by atoms with Gasteiger partial charge in [0.25, 0.3) is 5.91 Å². The van der Waals surface area contributed by atoms with Gasteiger partial charge in [-0.25, -0.2) is 0 Å². The Labute approximate surface area is 136 Å². The molecule has 1 unspecified atom stereocenters. The fraction of sp³-hybridized carbons (Fsp3) is 0.188. The summed E-state index contributed by atoms with van der Waals surface area (Å²) in [6, 6.07) is 11.1. The molecule has 2 aromatic carbocycles. The molecule has 0 radical (unpaired) electrons. The van der Waals surface area contributed by atoms with Gasteiger partial charge in [-0.1, -0.05) is 17.7 Å². The van der Waals surface area contributed by atoms with Gasteiger partial charge in [-0.2, -0.15) is 0 Å². The fourth-order valence-corrected chi connectivity index (χ4v) is 3.33. The second-order valence-electron chi connectivity index (χ2n) is 5.22. The number of carbonyl (C=O) groups excluding carboxylic acids is 1. The number of nitrogen functional groups attached to an aromatic ring is 1. The summed E-state index contributed by atoms with van der Waals surface area (Å²) >= 11 is 9.61. The van der Waals surface area contributed by atoms with Gasteiger partial charge in [0.05, 0.1) is 10.6 Å². The highest BCUT2D eigenvalue weighted by Crippen LogP contribution is 2.36. The predicted octanol–water partition coefficient (Wildman–Crippen LogP) is 4.28. The van der Waals surface area contributed by atoms with Crippen LogP contribution in [0.1, 0.15) is 22.8 Å². The number of fused-ring (bicyclic) bond motifs is 1. The third-order valence-corrected chi connectivity index (χ3v) is 5.02. The lowest BCUT2D eigenvalue weighted by molar-refractivity contribution is 0.0981. The SMILES string of the molecule is CC1Cc2cc(N)ccc2N1C(=O)c1cccc(Br)c1Cl. The van der Waals surface area contributed by atoms with E-state index in [2.05, 4.69) is 15.9 Å². The first-order chi connectivity index (χ1) is 9.99. The van der Waals surface area contributed by atoms with E-state index >= 15 is 0 Å². The molecule has 2 aromatic rings. The molecule has 0 spiro atoms. The lowest BCUT2D eigenvalue weighted by Crippen LogP contribution is -2.35. The maximum Gasteiger partial charge on any atom is 0.260 e. The smallest absolute Gasteiger partial charge is 0.260 e. The van der Waals surface area contributed by atoms with E-state index in [1.165, 1.54) is 0 Å². The predicted molar refractivity (Wildman–Crippen MR) is 90.0 cm³/mol. The summed E-state index contributed by atoms with van der Waals surface area (Å²) in [5, 5.41) is 0.443. The molecule has 1 heterocycles. The van der Waals surface area contributed by atoms with Crippen molar-refractivity contribution in [2.75, 3.05) is 10.6 Å². The van der Waals surface area contributed by atoms with Gasteiger partial charge in [-0.05, 0) is 65.2 Å². The summed E-state index contributed by atoms with van der Waals surface area (Å²) < 4.78 is 0.722. The molecule has 108 valence electrons. The quantitative estimate of drug-likeness (QED) is 0.767. The monoisotopic (exact) mass is 364 g/mol. The summed E-state index contributed by atoms with van der Waals surface area (Å²) in [4.78, 5) is 14.7. The number of carbonyl (C=O) groups is 1. The Kier molecular flexibility index (Phi) is 3.68. The van der Waals surface area contributed by atoms with Crippen LogP contribution in [0.15, 0.2) is 40.9 Å². The number of rotatable bonds is 1. The second kappa shape index (κ2) is 5.35. The highest BCUT2D eigenvalue weighted by Gasteiger charge is 2.32. The van der Waals surface area contributed by atoms with Crippen molar-refractivity contribution < 1.29 is 4.79 Å². The molecule has 3 rings (SSSR count). The molecular weight excluding hydrogens is 352 g/mol. The number of halogens is 2. The molecule has 3 nitrogen and oxygen atoms in total. The van der Waals surface area contributed by atoms with Crippen LogP contribution in [0.25, 0.3) is 0 Å². The van der Waals surface area contributed by atoms with Crippen molar-refractivity contribution in [2.24, 2.45) is 0 Å². The van der Waals surface area contributed by atoms with Crippen LogP contribution in [0.3, 0.4) is 0 Å². The standard InChI is InChI=1S/C16H14BrClN2O/c1-9-7-10-8-11(19)5-6-14(10)20(9)16(21)12-3-2-4-13(17)15(12)18/h2-6,8-9H,7,19H2,1H3. The number of benzene rings is 2. The van der Waals surface area contributed by atoms with E-state index in [0.717, 1.165) is 27.8 Å². The zero-order valence-corrected chi connectivity index (χ0v) is 13.8. The van der Waals surface area contributed by atoms with E-state index in [4.69, 9.17) is 17.3 Å². The third kappa shape index (κ3) is 2.43. The molecule has 5 heteroatoms. The minimum atomic E-state index is -0.0858. The largest absolute Gasteiger partial charge is 0.399 e. The molecule has 0 fully saturated rings. The molecule has 0 aromatic heterocycles. The Morgan fingerprint density at radius 3 is 2.90 bits per heavy atom. The van der Waals surface area contributed by atoms with Gasteiger partial charge in [0.15, 0.2) is 0 Å². The third-order valence-electron chi connectivity index (χ3n) is 3.72. The van der Waals surface area contributed by atoms with E-state index in [9.17, 15) is 4.79 Å². The van der Waals surface area contributed by atoms with Crippen LogP contribution in [-0.2, 0) is 6.42 Å². The van der Waals surface area contributed by atoms with Gasteiger partial charge in [0.1, 0.15) is 0 Å². The summed E-state index contributed by atoms with van der Waals surface area (Å²) in [5.41, 5.74) is 9.06. The minimum Gasteiger partial charge on any atom is -0.399 e. The van der Waals surface area contributed by atoms with E-state index in [0.29, 0.717) is 10.6 Å². The van der Waals surface area contributed by atoms with Crippen molar-refractivity contribution in [3.63, 3.8) is 0 Å². The molecule has 1 amide bonds. The van der Waals surface area contributed by atoms with Crippen LogP contribution in [0, 0.1) is 0 Å². The zero-order valence-electron chi connectivity index (χ0n) is 11.4. The van der Waals surface area contributed by atoms with Gasteiger partial charge in [-0.15, -0.1) is 0 Å². The molecule has 0 saturated carbocycles. The summed E-state index contributed by atoms with van der Waals surface area (Å²) in [7, 11) is 0. The Hall–Kier alpha value is -1.52. The highest BCUT2D eigenvalue weighted by molar-refractivity contribution is 9.10. The van der Waals surface area contributed by atoms with Gasteiger partial charge in [-0.3, -0.25) is 4.79 Å². The Balaban J connectivity index is 2.05. The number of hydrogen-bond donors (Lipinski definition) is 1. The summed E-state index contributed by atoms with van der Waals surface area (Å²) in [6.45, 7) is 2.03. The van der Waals surface area contributed by atoms with Crippen molar-refractivity contribution in [3.05, 3.63) is 57.0 Å². The van der Waals surface area contributed by atoms with Crippen molar-refractivity contribution in [2.45, 2.75) is 19.4 Å². The number of anilines is 2. The van der Waals surface area contributed by atoms with Gasteiger partial charge in [0, 0.05) is 21.9 Å². The maximum absolute atomic E-state index is 12.9. The van der Waals surface area contributed by atoms with Gasteiger partial charge < -0.3 is 10.6 Å². The Morgan fingerprint density at radius 1 is 1.38 bits per heavy atom. The topological polar surface area (TPSA) is 46.3 Å². The molecule has 1 aliphatic heterocycles. The average molecular weight is 366 g/mol. The van der Waals surface area contributed by atoms with E-state index in [1.54, 1.807) is 11.0 Å². The molecule has 1 aliphatic rings. The Morgan fingerprint density at radius 2 is 2.14 bits per heavy atom. The summed E-state index contributed by atoms with van der Waals surface area (Å²) in [6.07, 6.45) is 0.803. The number of nitrogens with zero attached hydrogens (tertiary/aromatic N) is 1. The lowest BCUT2D eigenvalue weighted by atomic mass is 10.1. The van der Waals surface area contributed by atoms with Crippen molar-refractivity contribution in [1.29, 1.82) is 0 Å². The second-order valence-corrected chi connectivity index (χ2v) is 6.45. The minimum absolute atomic E-state index is 0.0858. The molecule has 0 bridgehead atoms. The molecule has 1 atom stereocenters. The van der Waals surface area contributed by atoms with E-state index in [-0.39, 0.29) is 11.9 Å². The van der Waals surface area contributed by atoms with Crippen molar-refractivity contribution in [3.8, 4) is 0 Å². The highest BCUT2D eigenvalue weighted by atomic mass is 79.9. The van der Waals surface area contributed by atoms with Crippen LogP contribution in [0.2, 0.25) is 5.02 Å². The van der Waals surface area contributed by atoms with Crippen LogP contribution in [0.5, 0.6) is 0 Å². The summed E-state index contributed by atoms with van der Waals surface area (Å²) in [5.74, 6) is -0.0858. The molecular formula is C16H14BrClN2O. The van der Waals surface area contributed by atoms with Crippen LogP contribution in [-0.4, -0.2) is 11.9 Å². The van der Waals surface area contributed by atoms with Crippen LogP contribution in [0.4, 0.5) is 11.4 Å². The van der Waals surface area contributed by atoms with E-state index < -0.39 is 0 Å². The number of hydrogen-bond acceptors (Lipinski definition) is 2. The molecule has 21 heavy (non-hydrogen) atoms. The van der Waals surface area contributed by atoms with Crippen LogP contribution >= 0.6 is 27.5 Å². The van der Waals surface area contributed by atoms with Crippen LogP contribution < -0.4 is 10.6 Å². The van der Waals surface area contributed by atoms with E-state index in [1.807, 2.05) is 37.3 Å². The number of amides is 1. The normalized spacial score (nSPS) is 16.9. The fourth-order valence-electron chi connectivity index (χ4n) is 2.76. The average Bonchev–Trinajstić information content (AvgIpc) is 2.76. The first kappa shape index (κ1) is 14.4. The first-order valence-electron chi connectivity index (χ1n) is 6.65. The van der Waals surface area contributed by atoms with Gasteiger partial charge >= 0.3 is 0 Å². The Bertz CT molecular complexity index is 732. The van der Waals surface area contributed by atoms with Crippen molar-refractivity contribution >= 4 is 44.8 Å². The van der Waals surface area contributed by atoms with Crippen molar-refractivity contribution in [1.82, 2.24) is 0 Å². The first-order valence-corrected chi connectivity index (χ1v) is 7.82. The maximum atomic E-state index is 12.9.